The average molecular weight is 323 g/mol. The van der Waals surface area contributed by atoms with Crippen molar-refractivity contribution in [2.24, 2.45) is 0 Å². The normalized spacial score (nSPS) is 10.0. The lowest BCUT2D eigenvalue weighted by Crippen LogP contribution is -2.14. The molecule has 0 radical (unpaired) electrons. The van der Waals surface area contributed by atoms with E-state index in [1.807, 2.05) is 18.2 Å². The summed E-state index contributed by atoms with van der Waals surface area (Å²) < 4.78 is 0.762. The van der Waals surface area contributed by atoms with Gasteiger partial charge in [-0.1, -0.05) is 17.7 Å². The lowest BCUT2D eigenvalue weighted by molar-refractivity contribution is -0.113. The van der Waals surface area contributed by atoms with Crippen LogP contribution in [0, 0.1) is 11.3 Å². The van der Waals surface area contributed by atoms with Crippen molar-refractivity contribution < 1.29 is 4.79 Å². The Morgan fingerprint density at radius 3 is 2.95 bits per heavy atom. The minimum atomic E-state index is -0.0762. The van der Waals surface area contributed by atoms with Gasteiger partial charge in [-0.25, -0.2) is 0 Å². The maximum atomic E-state index is 11.8. The molecule has 1 aromatic carbocycles. The van der Waals surface area contributed by atoms with Gasteiger partial charge in [0.05, 0.1) is 21.7 Å². The Morgan fingerprint density at radius 2 is 2.25 bits per heavy atom. The van der Waals surface area contributed by atoms with Gasteiger partial charge < -0.3 is 5.32 Å². The van der Waals surface area contributed by atoms with E-state index >= 15 is 0 Å². The molecule has 0 saturated carbocycles. The number of hydrogen-bond acceptors (Lipinski definition) is 4. The van der Waals surface area contributed by atoms with E-state index in [1.54, 1.807) is 24.3 Å². The molecule has 3 nitrogen and oxygen atoms in total. The molecule has 6 heteroatoms. The van der Waals surface area contributed by atoms with Gasteiger partial charge in [-0.15, -0.1) is 23.1 Å². The van der Waals surface area contributed by atoms with Crippen LogP contribution in [0.5, 0.6) is 0 Å². The molecule has 0 aliphatic heterocycles. The molecular weight excluding hydrogens is 312 g/mol. The second-order valence-corrected chi connectivity index (χ2v) is 6.72. The van der Waals surface area contributed by atoms with Crippen LogP contribution in [0.1, 0.15) is 10.4 Å². The number of hydrogen-bond donors (Lipinski definition) is 1. The van der Waals surface area contributed by atoms with Crippen molar-refractivity contribution in [1.82, 2.24) is 0 Å². The van der Waals surface area contributed by atoms with Crippen LogP contribution >= 0.6 is 34.7 Å². The molecule has 0 aliphatic rings. The first kappa shape index (κ1) is 14.9. The first-order valence-electron chi connectivity index (χ1n) is 5.79. The molecule has 0 fully saturated rings. The van der Waals surface area contributed by atoms with E-state index in [1.165, 1.54) is 23.1 Å². The number of anilines is 1. The topological polar surface area (TPSA) is 52.9 Å². The quantitative estimate of drug-likeness (QED) is 0.899. The van der Waals surface area contributed by atoms with E-state index in [2.05, 4.69) is 5.32 Å². The number of amides is 1. The molecule has 1 heterocycles. The maximum Gasteiger partial charge on any atom is 0.234 e. The summed E-state index contributed by atoms with van der Waals surface area (Å²) in [5.74, 6) is 1.06. The number of thioether (sulfide) groups is 1. The summed E-state index contributed by atoms with van der Waals surface area (Å²) in [5.41, 5.74) is 1.18. The van der Waals surface area contributed by atoms with Crippen molar-refractivity contribution in [3.63, 3.8) is 0 Å². The Bertz CT molecular complexity index is 649. The minimum absolute atomic E-state index is 0.0762. The number of halogens is 1. The Labute approximate surface area is 130 Å². The van der Waals surface area contributed by atoms with Gasteiger partial charge in [0.2, 0.25) is 5.91 Å². The van der Waals surface area contributed by atoms with Crippen molar-refractivity contribution in [2.45, 2.75) is 5.75 Å². The summed E-state index contributed by atoms with van der Waals surface area (Å²) in [4.78, 5) is 12.9. The molecule has 102 valence electrons. The number of carbonyl (C=O) groups is 1. The van der Waals surface area contributed by atoms with Crippen LogP contribution in [-0.2, 0) is 10.5 Å². The number of benzene rings is 1. The number of nitrogens with one attached hydrogen (secondary N) is 1. The van der Waals surface area contributed by atoms with E-state index in [9.17, 15) is 4.79 Å². The number of rotatable bonds is 5. The van der Waals surface area contributed by atoms with Crippen LogP contribution in [0.4, 0.5) is 5.69 Å². The number of nitrogens with zero attached hydrogens (tertiary/aromatic N) is 1. The van der Waals surface area contributed by atoms with Gasteiger partial charge >= 0.3 is 0 Å². The number of nitriles is 1. The van der Waals surface area contributed by atoms with Gasteiger partial charge in [0, 0.05) is 16.3 Å². The van der Waals surface area contributed by atoms with Crippen LogP contribution in [-0.4, -0.2) is 11.7 Å². The SMILES string of the molecule is N#Cc1cccc(NC(=O)CSCc2ccc(Cl)s2)c1. The fourth-order valence-electron chi connectivity index (χ4n) is 1.54. The summed E-state index contributed by atoms with van der Waals surface area (Å²) in [6, 6.07) is 12.7. The minimum Gasteiger partial charge on any atom is -0.325 e. The first-order chi connectivity index (χ1) is 9.67. The van der Waals surface area contributed by atoms with Gasteiger partial charge in [-0.05, 0) is 30.3 Å². The predicted molar refractivity (Wildman–Crippen MR) is 85.3 cm³/mol. The highest BCUT2D eigenvalue weighted by atomic mass is 35.5. The van der Waals surface area contributed by atoms with E-state index < -0.39 is 0 Å². The van der Waals surface area contributed by atoms with E-state index in [-0.39, 0.29) is 5.91 Å². The summed E-state index contributed by atoms with van der Waals surface area (Å²) in [5, 5.41) is 11.6. The van der Waals surface area contributed by atoms with E-state index in [0.29, 0.717) is 17.0 Å². The zero-order valence-corrected chi connectivity index (χ0v) is 12.8. The summed E-state index contributed by atoms with van der Waals surface area (Å²) in [6.45, 7) is 0. The van der Waals surface area contributed by atoms with Crippen molar-refractivity contribution in [1.29, 1.82) is 5.26 Å². The highest BCUT2D eigenvalue weighted by Crippen LogP contribution is 2.25. The third kappa shape index (κ3) is 4.57. The Hall–Kier alpha value is -1.48. The van der Waals surface area contributed by atoms with E-state index in [4.69, 9.17) is 16.9 Å². The first-order valence-corrected chi connectivity index (χ1v) is 8.14. The third-order valence-corrected chi connectivity index (χ3v) is 4.78. The van der Waals surface area contributed by atoms with Crippen molar-refractivity contribution in [3.8, 4) is 6.07 Å². The molecule has 20 heavy (non-hydrogen) atoms. The van der Waals surface area contributed by atoms with Crippen molar-refractivity contribution in [2.75, 3.05) is 11.1 Å². The average Bonchev–Trinajstić information content (AvgIpc) is 2.84. The highest BCUT2D eigenvalue weighted by molar-refractivity contribution is 7.99. The van der Waals surface area contributed by atoms with Crippen LogP contribution in [0.15, 0.2) is 36.4 Å². The highest BCUT2D eigenvalue weighted by Gasteiger charge is 2.05. The van der Waals surface area contributed by atoms with E-state index in [0.717, 1.165) is 15.0 Å². The lowest BCUT2D eigenvalue weighted by Gasteiger charge is -2.04. The summed E-state index contributed by atoms with van der Waals surface area (Å²) in [7, 11) is 0. The maximum absolute atomic E-state index is 11.8. The number of thiophene rings is 1. The molecule has 2 aromatic rings. The smallest absolute Gasteiger partial charge is 0.234 e. The molecule has 0 aliphatic carbocycles. The van der Waals surface area contributed by atoms with Crippen LogP contribution in [0.25, 0.3) is 0 Å². The summed E-state index contributed by atoms with van der Waals surface area (Å²) >= 11 is 8.90. The molecule has 0 saturated heterocycles. The van der Waals surface area contributed by atoms with Gasteiger partial charge in [0.1, 0.15) is 0 Å². The second-order valence-electron chi connectivity index (χ2n) is 3.94. The van der Waals surface area contributed by atoms with Crippen LogP contribution < -0.4 is 5.32 Å². The van der Waals surface area contributed by atoms with Gasteiger partial charge in [-0.2, -0.15) is 5.26 Å². The predicted octanol–water partition coefficient (Wildman–Crippen LogP) is 4.15. The van der Waals surface area contributed by atoms with Crippen molar-refractivity contribution in [3.05, 3.63) is 51.2 Å². The van der Waals surface area contributed by atoms with Crippen molar-refractivity contribution >= 4 is 46.3 Å². The fourth-order valence-corrected chi connectivity index (χ4v) is 3.56. The summed E-state index contributed by atoms with van der Waals surface area (Å²) in [6.07, 6.45) is 0. The molecule has 0 bridgehead atoms. The van der Waals surface area contributed by atoms with Crippen LogP contribution in [0.3, 0.4) is 0 Å². The van der Waals surface area contributed by atoms with Gasteiger partial charge in [0.25, 0.3) is 0 Å². The zero-order valence-electron chi connectivity index (χ0n) is 10.4. The molecular formula is C14H11ClN2OS2. The Kier molecular flexibility index (Phi) is 5.48. The monoisotopic (exact) mass is 322 g/mol. The second kappa shape index (κ2) is 7.34. The lowest BCUT2D eigenvalue weighted by atomic mass is 10.2. The molecule has 1 amide bonds. The van der Waals surface area contributed by atoms with Gasteiger partial charge in [0.15, 0.2) is 0 Å². The molecule has 0 spiro atoms. The number of carbonyl (C=O) groups excluding carboxylic acids is 1. The molecule has 0 atom stereocenters. The third-order valence-electron chi connectivity index (χ3n) is 2.38. The zero-order chi connectivity index (χ0) is 14.4. The molecule has 2 rings (SSSR count). The molecule has 0 unspecified atom stereocenters. The van der Waals surface area contributed by atoms with Gasteiger partial charge in [-0.3, -0.25) is 4.79 Å². The largest absolute Gasteiger partial charge is 0.325 e. The molecule has 1 N–H and O–H groups in total. The fraction of sp³-hybridized carbons (Fsp3) is 0.143. The standard InChI is InChI=1S/C14H11ClN2OS2/c15-13-5-4-12(20-13)8-19-9-14(18)17-11-3-1-2-10(6-11)7-16/h1-6H,8-9H2,(H,17,18). The molecule has 1 aromatic heterocycles. The Morgan fingerprint density at radius 1 is 1.40 bits per heavy atom. The van der Waals surface area contributed by atoms with Crippen LogP contribution in [0.2, 0.25) is 4.34 Å². The Balaban J connectivity index is 1.79.